The molecule has 6 heteroatoms. The Kier molecular flexibility index (Phi) is 5.01. The van der Waals surface area contributed by atoms with Crippen molar-refractivity contribution >= 4 is 54.9 Å². The maximum Gasteiger partial charge on any atom is 0.266 e. The average Bonchev–Trinajstić information content (AvgIpc) is 2.69. The van der Waals surface area contributed by atoms with Crippen molar-refractivity contribution in [2.75, 3.05) is 0 Å². The van der Waals surface area contributed by atoms with E-state index in [1.807, 2.05) is 60.7 Å². The van der Waals surface area contributed by atoms with Gasteiger partial charge in [-0.1, -0.05) is 34.1 Å². The van der Waals surface area contributed by atoms with Crippen molar-refractivity contribution in [3.05, 3.63) is 97.7 Å². The van der Waals surface area contributed by atoms with E-state index in [2.05, 4.69) is 36.8 Å². The van der Waals surface area contributed by atoms with Crippen LogP contribution in [0.3, 0.4) is 0 Å². The molecular weight excluding hydrogens is 470 g/mol. The second kappa shape index (κ2) is 7.58. The van der Waals surface area contributed by atoms with Crippen LogP contribution < -0.4 is 5.56 Å². The zero-order valence-corrected chi connectivity index (χ0v) is 17.2. The Morgan fingerprint density at radius 2 is 1.81 bits per heavy atom. The van der Waals surface area contributed by atoms with Crippen LogP contribution in [0.2, 0.25) is 0 Å². The second-order valence-corrected chi connectivity index (χ2v) is 7.61. The molecular formula is C21H13Br2N3O. The molecule has 0 N–H and O–H groups in total. The maximum atomic E-state index is 13.3. The molecule has 0 saturated heterocycles. The van der Waals surface area contributed by atoms with E-state index in [9.17, 15) is 4.79 Å². The lowest BCUT2D eigenvalue weighted by Gasteiger charge is -2.13. The van der Waals surface area contributed by atoms with Crippen molar-refractivity contribution in [1.82, 2.24) is 14.5 Å². The monoisotopic (exact) mass is 481 g/mol. The van der Waals surface area contributed by atoms with Gasteiger partial charge in [0.25, 0.3) is 5.56 Å². The van der Waals surface area contributed by atoms with Gasteiger partial charge in [-0.25, -0.2) is 4.98 Å². The number of nitrogens with zero attached hydrogens (tertiary/aromatic N) is 3. The largest absolute Gasteiger partial charge is 0.268 e. The smallest absolute Gasteiger partial charge is 0.266 e. The molecule has 0 spiro atoms. The van der Waals surface area contributed by atoms with Crippen LogP contribution in [-0.2, 0) is 0 Å². The number of hydrogen-bond acceptors (Lipinski definition) is 3. The van der Waals surface area contributed by atoms with Gasteiger partial charge in [-0.05, 0) is 70.0 Å². The van der Waals surface area contributed by atoms with E-state index in [0.29, 0.717) is 16.7 Å². The molecule has 4 aromatic rings. The minimum absolute atomic E-state index is 0.120. The van der Waals surface area contributed by atoms with E-state index < -0.39 is 0 Å². The highest BCUT2D eigenvalue weighted by molar-refractivity contribution is 9.11. The van der Waals surface area contributed by atoms with Gasteiger partial charge in [0.1, 0.15) is 5.82 Å². The number of rotatable bonds is 3. The molecule has 2 aromatic carbocycles. The van der Waals surface area contributed by atoms with Crippen LogP contribution in [-0.4, -0.2) is 14.5 Å². The van der Waals surface area contributed by atoms with E-state index in [-0.39, 0.29) is 5.56 Å². The van der Waals surface area contributed by atoms with Gasteiger partial charge in [0.2, 0.25) is 0 Å². The molecule has 0 amide bonds. The van der Waals surface area contributed by atoms with Crippen LogP contribution in [0.4, 0.5) is 0 Å². The summed E-state index contributed by atoms with van der Waals surface area (Å²) in [6.07, 6.45) is 7.21. The minimum atomic E-state index is -0.120. The van der Waals surface area contributed by atoms with E-state index in [1.165, 1.54) is 0 Å². The first-order valence-corrected chi connectivity index (χ1v) is 9.77. The van der Waals surface area contributed by atoms with Crippen molar-refractivity contribution < 1.29 is 0 Å². The van der Waals surface area contributed by atoms with Crippen LogP contribution in [0.15, 0.2) is 80.7 Å². The summed E-state index contributed by atoms with van der Waals surface area (Å²) in [5.41, 5.74) is 2.19. The van der Waals surface area contributed by atoms with Gasteiger partial charge in [-0.3, -0.25) is 14.3 Å². The molecule has 0 saturated carbocycles. The molecule has 0 aliphatic rings. The minimum Gasteiger partial charge on any atom is -0.268 e. The number of halogens is 2. The molecule has 4 nitrogen and oxygen atoms in total. The highest BCUT2D eigenvalue weighted by Crippen LogP contribution is 2.26. The standard InChI is InChI=1S/C21H13Br2N3O/c22-15-8-9-17(23)19(12-15)26-20(10-7-14-4-3-11-24-13-14)25-18-6-2-1-5-16(18)21(26)27/h1-13H/b10-7+. The Bertz CT molecular complexity index is 1220. The SMILES string of the molecule is O=c1c2ccccc2nc(/C=C/c2cccnc2)n1-c1cc(Br)ccc1Br. The Morgan fingerprint density at radius 1 is 0.963 bits per heavy atom. The maximum absolute atomic E-state index is 13.3. The fraction of sp³-hybridized carbons (Fsp3) is 0. The Hall–Kier alpha value is -2.57. The van der Waals surface area contributed by atoms with E-state index in [1.54, 1.807) is 23.0 Å². The van der Waals surface area contributed by atoms with Crippen molar-refractivity contribution in [1.29, 1.82) is 0 Å². The van der Waals surface area contributed by atoms with Gasteiger partial charge in [-0.15, -0.1) is 0 Å². The summed E-state index contributed by atoms with van der Waals surface area (Å²) in [7, 11) is 0. The topological polar surface area (TPSA) is 47.8 Å². The normalized spacial score (nSPS) is 11.3. The zero-order chi connectivity index (χ0) is 18.8. The van der Waals surface area contributed by atoms with Crippen molar-refractivity contribution in [3.8, 4) is 5.69 Å². The van der Waals surface area contributed by atoms with Gasteiger partial charge >= 0.3 is 0 Å². The molecule has 0 atom stereocenters. The number of hydrogen-bond donors (Lipinski definition) is 0. The third kappa shape index (κ3) is 3.63. The molecule has 27 heavy (non-hydrogen) atoms. The Labute approximate surface area is 172 Å². The first-order valence-electron chi connectivity index (χ1n) is 8.19. The molecule has 0 unspecified atom stereocenters. The summed E-state index contributed by atoms with van der Waals surface area (Å²) in [4.78, 5) is 22.1. The van der Waals surface area contributed by atoms with Crippen LogP contribution in [0.5, 0.6) is 0 Å². The summed E-state index contributed by atoms with van der Waals surface area (Å²) in [5.74, 6) is 0.543. The van der Waals surface area contributed by atoms with Gasteiger partial charge in [0.05, 0.1) is 16.6 Å². The predicted molar refractivity (Wildman–Crippen MR) is 116 cm³/mol. The van der Waals surface area contributed by atoms with Gasteiger partial charge in [-0.2, -0.15) is 0 Å². The van der Waals surface area contributed by atoms with Crippen molar-refractivity contribution in [2.24, 2.45) is 0 Å². The number of para-hydroxylation sites is 1. The summed E-state index contributed by atoms with van der Waals surface area (Å²) in [5, 5.41) is 0.572. The number of fused-ring (bicyclic) bond motifs is 1. The first kappa shape index (κ1) is 17.8. The van der Waals surface area contributed by atoms with E-state index in [4.69, 9.17) is 4.98 Å². The third-order valence-electron chi connectivity index (χ3n) is 4.06. The van der Waals surface area contributed by atoms with Crippen LogP contribution in [0.25, 0.3) is 28.7 Å². The molecule has 0 bridgehead atoms. The van der Waals surface area contributed by atoms with Gasteiger partial charge in [0, 0.05) is 21.3 Å². The highest BCUT2D eigenvalue weighted by Gasteiger charge is 2.13. The summed E-state index contributed by atoms with van der Waals surface area (Å²) in [6, 6.07) is 16.9. The van der Waals surface area contributed by atoms with E-state index >= 15 is 0 Å². The van der Waals surface area contributed by atoms with Crippen molar-refractivity contribution in [3.63, 3.8) is 0 Å². The van der Waals surface area contributed by atoms with Gasteiger partial charge in [0.15, 0.2) is 0 Å². The third-order valence-corrected chi connectivity index (χ3v) is 5.22. The Balaban J connectivity index is 2.00. The predicted octanol–water partition coefficient (Wildman–Crippen LogP) is 5.48. The molecule has 4 rings (SSSR count). The fourth-order valence-corrected chi connectivity index (χ4v) is 3.57. The molecule has 0 aliphatic heterocycles. The van der Waals surface area contributed by atoms with Gasteiger partial charge < -0.3 is 0 Å². The molecule has 0 fully saturated rings. The van der Waals surface area contributed by atoms with E-state index in [0.717, 1.165) is 20.2 Å². The van der Waals surface area contributed by atoms with Crippen LogP contribution >= 0.6 is 31.9 Å². The Morgan fingerprint density at radius 3 is 2.63 bits per heavy atom. The molecule has 132 valence electrons. The van der Waals surface area contributed by atoms with Crippen molar-refractivity contribution in [2.45, 2.75) is 0 Å². The molecule has 2 aromatic heterocycles. The lowest BCUT2D eigenvalue weighted by Crippen LogP contribution is -2.22. The quantitative estimate of drug-likeness (QED) is 0.388. The average molecular weight is 483 g/mol. The zero-order valence-electron chi connectivity index (χ0n) is 14.0. The first-order chi connectivity index (χ1) is 13.1. The summed E-state index contributed by atoms with van der Waals surface area (Å²) in [6.45, 7) is 0. The highest BCUT2D eigenvalue weighted by atomic mass is 79.9. The van der Waals surface area contributed by atoms with Crippen LogP contribution in [0.1, 0.15) is 11.4 Å². The molecule has 2 heterocycles. The molecule has 0 aliphatic carbocycles. The lowest BCUT2D eigenvalue weighted by atomic mass is 10.2. The lowest BCUT2D eigenvalue weighted by molar-refractivity contribution is 0.938. The number of pyridine rings is 1. The molecule has 0 radical (unpaired) electrons. The second-order valence-electron chi connectivity index (χ2n) is 5.84. The summed E-state index contributed by atoms with van der Waals surface area (Å²) < 4.78 is 3.30. The van der Waals surface area contributed by atoms with Crippen LogP contribution in [0, 0.1) is 0 Å². The summed E-state index contributed by atoms with van der Waals surface area (Å²) >= 11 is 7.04. The fourth-order valence-electron chi connectivity index (χ4n) is 2.80. The number of benzene rings is 2. The number of aromatic nitrogens is 3.